The highest BCUT2D eigenvalue weighted by atomic mass is 79.9. The van der Waals surface area contributed by atoms with Crippen molar-refractivity contribution in [1.82, 2.24) is 4.90 Å². The molecule has 1 aromatic carbocycles. The van der Waals surface area contributed by atoms with Crippen LogP contribution in [0.25, 0.3) is 0 Å². The molecule has 0 aliphatic carbocycles. The smallest absolute Gasteiger partial charge is 0.253 e. The lowest BCUT2D eigenvalue weighted by molar-refractivity contribution is 0.0795. The van der Waals surface area contributed by atoms with Gasteiger partial charge in [0.1, 0.15) is 0 Å². The van der Waals surface area contributed by atoms with E-state index in [1.807, 2.05) is 32.2 Å². The summed E-state index contributed by atoms with van der Waals surface area (Å²) in [5.41, 5.74) is 1.84. The summed E-state index contributed by atoms with van der Waals surface area (Å²) in [6.45, 7) is 4.85. The Labute approximate surface area is 99.4 Å². The van der Waals surface area contributed by atoms with E-state index >= 15 is 0 Å². The molecule has 3 heteroatoms. The molecule has 0 N–H and O–H groups in total. The van der Waals surface area contributed by atoms with Gasteiger partial charge in [-0.05, 0) is 37.1 Å². The van der Waals surface area contributed by atoms with Crippen molar-refractivity contribution in [3.8, 4) is 0 Å². The summed E-state index contributed by atoms with van der Waals surface area (Å²) in [6.07, 6.45) is 0.984. The molecule has 0 saturated carbocycles. The van der Waals surface area contributed by atoms with Gasteiger partial charge in [0, 0.05) is 23.6 Å². The number of carbonyl (C=O) groups excluding carboxylic acids is 1. The van der Waals surface area contributed by atoms with Crippen LogP contribution in [0.3, 0.4) is 0 Å². The van der Waals surface area contributed by atoms with Gasteiger partial charge in [0.25, 0.3) is 5.91 Å². The molecule has 1 aromatic rings. The Morgan fingerprint density at radius 2 is 2.13 bits per heavy atom. The minimum absolute atomic E-state index is 0.0902. The first-order valence-electron chi connectivity index (χ1n) is 5.08. The first kappa shape index (κ1) is 12.2. The Kier molecular flexibility index (Phi) is 4.33. The summed E-state index contributed by atoms with van der Waals surface area (Å²) >= 11 is 3.42. The quantitative estimate of drug-likeness (QED) is 0.825. The van der Waals surface area contributed by atoms with Crippen molar-refractivity contribution in [3.05, 3.63) is 33.8 Å². The molecule has 0 bridgehead atoms. The highest BCUT2D eigenvalue weighted by Gasteiger charge is 2.11. The number of rotatable bonds is 3. The maximum Gasteiger partial charge on any atom is 0.253 e. The van der Waals surface area contributed by atoms with Crippen molar-refractivity contribution in [2.24, 2.45) is 0 Å². The van der Waals surface area contributed by atoms with Gasteiger partial charge in [-0.1, -0.05) is 22.9 Å². The molecule has 1 rings (SSSR count). The second-order valence-corrected chi connectivity index (χ2v) is 4.55. The number of hydrogen-bond acceptors (Lipinski definition) is 1. The number of nitrogens with zero attached hydrogens (tertiary/aromatic N) is 1. The Hall–Kier alpha value is -0.830. The lowest BCUT2D eigenvalue weighted by Gasteiger charge is -2.16. The number of aryl methyl sites for hydroxylation is 1. The zero-order chi connectivity index (χ0) is 11.4. The molecular formula is C12H16BrNO. The number of benzene rings is 1. The number of amides is 1. The third kappa shape index (κ3) is 3.06. The van der Waals surface area contributed by atoms with Crippen molar-refractivity contribution in [2.75, 3.05) is 13.6 Å². The Bertz CT molecular complexity index is 363. The van der Waals surface area contributed by atoms with Crippen LogP contribution in [0.1, 0.15) is 29.3 Å². The van der Waals surface area contributed by atoms with Crippen LogP contribution in [0, 0.1) is 6.92 Å². The molecule has 0 spiro atoms. The normalized spacial score (nSPS) is 10.1. The highest BCUT2D eigenvalue weighted by Crippen LogP contribution is 2.17. The van der Waals surface area contributed by atoms with E-state index in [1.165, 1.54) is 0 Å². The van der Waals surface area contributed by atoms with Crippen LogP contribution < -0.4 is 0 Å². The number of halogens is 1. The van der Waals surface area contributed by atoms with E-state index in [1.54, 1.807) is 4.90 Å². The summed E-state index contributed by atoms with van der Waals surface area (Å²) in [4.78, 5) is 13.7. The van der Waals surface area contributed by atoms with Gasteiger partial charge >= 0.3 is 0 Å². The molecule has 82 valence electrons. The van der Waals surface area contributed by atoms with E-state index in [0.29, 0.717) is 0 Å². The lowest BCUT2D eigenvalue weighted by atomic mass is 10.1. The molecule has 0 aliphatic heterocycles. The highest BCUT2D eigenvalue weighted by molar-refractivity contribution is 9.10. The fraction of sp³-hybridized carbons (Fsp3) is 0.417. The lowest BCUT2D eigenvalue weighted by Crippen LogP contribution is -2.27. The van der Waals surface area contributed by atoms with Gasteiger partial charge in [-0.3, -0.25) is 4.79 Å². The van der Waals surface area contributed by atoms with Crippen LogP contribution in [0.4, 0.5) is 0 Å². The molecule has 2 nitrogen and oxygen atoms in total. The van der Waals surface area contributed by atoms with Crippen LogP contribution in [0.2, 0.25) is 0 Å². The SMILES string of the molecule is CCCN(C)C(=O)c1ccc(Br)c(C)c1. The monoisotopic (exact) mass is 269 g/mol. The van der Waals surface area contributed by atoms with Crippen LogP contribution in [-0.2, 0) is 0 Å². The van der Waals surface area contributed by atoms with Crippen LogP contribution in [-0.4, -0.2) is 24.4 Å². The largest absolute Gasteiger partial charge is 0.342 e. The van der Waals surface area contributed by atoms with Gasteiger partial charge in [0.2, 0.25) is 0 Å². The average Bonchev–Trinajstić information content (AvgIpc) is 2.21. The van der Waals surface area contributed by atoms with Gasteiger partial charge in [0.05, 0.1) is 0 Å². The van der Waals surface area contributed by atoms with Gasteiger partial charge in [0.15, 0.2) is 0 Å². The second kappa shape index (κ2) is 5.31. The molecule has 0 saturated heterocycles. The predicted molar refractivity (Wildman–Crippen MR) is 66.1 cm³/mol. The Balaban J connectivity index is 2.87. The minimum atomic E-state index is 0.0902. The molecule has 1 amide bonds. The van der Waals surface area contributed by atoms with Gasteiger partial charge in [-0.2, -0.15) is 0 Å². The van der Waals surface area contributed by atoms with Crippen LogP contribution in [0.5, 0.6) is 0 Å². The molecular weight excluding hydrogens is 254 g/mol. The Morgan fingerprint density at radius 3 is 2.67 bits per heavy atom. The van der Waals surface area contributed by atoms with E-state index in [-0.39, 0.29) is 5.91 Å². The van der Waals surface area contributed by atoms with Crippen molar-refractivity contribution in [2.45, 2.75) is 20.3 Å². The van der Waals surface area contributed by atoms with Crippen LogP contribution >= 0.6 is 15.9 Å². The maximum atomic E-state index is 11.9. The predicted octanol–water partition coefficient (Wildman–Crippen LogP) is 3.24. The van der Waals surface area contributed by atoms with Crippen LogP contribution in [0.15, 0.2) is 22.7 Å². The van der Waals surface area contributed by atoms with Crippen molar-refractivity contribution < 1.29 is 4.79 Å². The molecule has 0 unspecified atom stereocenters. The molecule has 0 fully saturated rings. The first-order chi connectivity index (χ1) is 7.06. The second-order valence-electron chi connectivity index (χ2n) is 3.69. The molecule has 0 atom stereocenters. The fourth-order valence-electron chi connectivity index (χ4n) is 1.44. The van der Waals surface area contributed by atoms with Crippen molar-refractivity contribution in [3.63, 3.8) is 0 Å². The summed E-state index contributed by atoms with van der Waals surface area (Å²) < 4.78 is 1.04. The number of hydrogen-bond donors (Lipinski definition) is 0. The summed E-state index contributed by atoms with van der Waals surface area (Å²) in [5, 5.41) is 0. The summed E-state index contributed by atoms with van der Waals surface area (Å²) in [7, 11) is 1.84. The average molecular weight is 270 g/mol. The standard InChI is InChI=1S/C12H16BrNO/c1-4-7-14(3)12(15)10-5-6-11(13)9(2)8-10/h5-6,8H,4,7H2,1-3H3. The van der Waals surface area contributed by atoms with E-state index < -0.39 is 0 Å². The summed E-state index contributed by atoms with van der Waals surface area (Å²) in [6, 6.07) is 5.69. The third-order valence-corrected chi connectivity index (χ3v) is 3.20. The maximum absolute atomic E-state index is 11.9. The minimum Gasteiger partial charge on any atom is -0.342 e. The molecule has 0 heterocycles. The zero-order valence-corrected chi connectivity index (χ0v) is 11.0. The van der Waals surface area contributed by atoms with E-state index in [4.69, 9.17) is 0 Å². The van der Waals surface area contributed by atoms with Crippen molar-refractivity contribution >= 4 is 21.8 Å². The zero-order valence-electron chi connectivity index (χ0n) is 9.38. The van der Waals surface area contributed by atoms with Gasteiger partial charge < -0.3 is 4.90 Å². The summed E-state index contributed by atoms with van der Waals surface area (Å²) in [5.74, 6) is 0.0902. The fourth-order valence-corrected chi connectivity index (χ4v) is 1.68. The van der Waals surface area contributed by atoms with Gasteiger partial charge in [-0.15, -0.1) is 0 Å². The van der Waals surface area contributed by atoms with E-state index in [9.17, 15) is 4.79 Å². The number of carbonyl (C=O) groups is 1. The van der Waals surface area contributed by atoms with E-state index in [0.717, 1.165) is 28.6 Å². The molecule has 15 heavy (non-hydrogen) atoms. The molecule has 0 aromatic heterocycles. The van der Waals surface area contributed by atoms with E-state index in [2.05, 4.69) is 22.9 Å². The molecule has 0 radical (unpaired) electrons. The van der Waals surface area contributed by atoms with Gasteiger partial charge in [-0.25, -0.2) is 0 Å². The molecule has 0 aliphatic rings. The third-order valence-electron chi connectivity index (χ3n) is 2.31. The topological polar surface area (TPSA) is 20.3 Å². The first-order valence-corrected chi connectivity index (χ1v) is 5.87. The Morgan fingerprint density at radius 1 is 1.47 bits per heavy atom. The van der Waals surface area contributed by atoms with Crippen molar-refractivity contribution in [1.29, 1.82) is 0 Å².